The van der Waals surface area contributed by atoms with Gasteiger partial charge in [0.15, 0.2) is 0 Å². The van der Waals surface area contributed by atoms with Crippen molar-refractivity contribution in [1.29, 1.82) is 0 Å². The molecule has 100 valence electrons. The summed E-state index contributed by atoms with van der Waals surface area (Å²) in [7, 11) is 0. The minimum atomic E-state index is -4.38. The summed E-state index contributed by atoms with van der Waals surface area (Å²) in [4.78, 5) is 5.50. The Morgan fingerprint density at radius 1 is 1.44 bits per heavy atom. The highest BCUT2D eigenvalue weighted by atomic mass is 35.5. The van der Waals surface area contributed by atoms with Gasteiger partial charge < -0.3 is 4.90 Å². The van der Waals surface area contributed by atoms with Crippen molar-refractivity contribution >= 4 is 17.4 Å². The van der Waals surface area contributed by atoms with Crippen LogP contribution in [0.5, 0.6) is 0 Å². The summed E-state index contributed by atoms with van der Waals surface area (Å²) in [5, 5.41) is -0.137. The van der Waals surface area contributed by atoms with Crippen LogP contribution in [0.2, 0.25) is 0 Å². The summed E-state index contributed by atoms with van der Waals surface area (Å²) in [6.07, 6.45) is -2.22. The number of hydrogen-bond donors (Lipinski definition) is 0. The second kappa shape index (κ2) is 4.96. The third-order valence-electron chi connectivity index (χ3n) is 3.26. The number of piperidine rings is 1. The molecule has 2 unspecified atom stereocenters. The van der Waals surface area contributed by atoms with Gasteiger partial charge in [0.1, 0.15) is 5.82 Å². The zero-order chi connectivity index (χ0) is 13.3. The van der Waals surface area contributed by atoms with Crippen LogP contribution in [0.1, 0.15) is 18.9 Å². The molecule has 0 spiro atoms. The predicted molar refractivity (Wildman–Crippen MR) is 64.9 cm³/mol. The number of rotatable bonds is 1. The van der Waals surface area contributed by atoms with Gasteiger partial charge in [0.2, 0.25) is 0 Å². The zero-order valence-corrected chi connectivity index (χ0v) is 10.7. The SMILES string of the molecule is CC1CCN(c2ncccc2C(F)(F)F)CC1Cl. The lowest BCUT2D eigenvalue weighted by Gasteiger charge is -2.35. The highest BCUT2D eigenvalue weighted by Gasteiger charge is 2.37. The van der Waals surface area contributed by atoms with E-state index in [1.165, 1.54) is 12.3 Å². The maximum Gasteiger partial charge on any atom is 0.419 e. The van der Waals surface area contributed by atoms with E-state index in [0.717, 1.165) is 12.5 Å². The monoisotopic (exact) mass is 278 g/mol. The van der Waals surface area contributed by atoms with Gasteiger partial charge in [-0.15, -0.1) is 11.6 Å². The first-order valence-electron chi connectivity index (χ1n) is 5.81. The van der Waals surface area contributed by atoms with Crippen LogP contribution in [-0.2, 0) is 6.18 Å². The van der Waals surface area contributed by atoms with Crippen LogP contribution in [-0.4, -0.2) is 23.5 Å². The average molecular weight is 279 g/mol. The number of hydrogen-bond acceptors (Lipinski definition) is 2. The van der Waals surface area contributed by atoms with Crippen molar-refractivity contribution in [2.45, 2.75) is 24.9 Å². The fourth-order valence-corrected chi connectivity index (χ4v) is 2.38. The third-order valence-corrected chi connectivity index (χ3v) is 3.83. The van der Waals surface area contributed by atoms with Gasteiger partial charge in [-0.25, -0.2) is 4.98 Å². The van der Waals surface area contributed by atoms with Gasteiger partial charge in [0, 0.05) is 19.3 Å². The molecule has 2 heterocycles. The summed E-state index contributed by atoms with van der Waals surface area (Å²) >= 11 is 6.13. The van der Waals surface area contributed by atoms with Gasteiger partial charge in [-0.05, 0) is 24.5 Å². The van der Waals surface area contributed by atoms with Crippen molar-refractivity contribution in [1.82, 2.24) is 4.98 Å². The third kappa shape index (κ3) is 2.71. The summed E-state index contributed by atoms with van der Waals surface area (Å²) in [6.45, 7) is 2.98. The van der Waals surface area contributed by atoms with Gasteiger partial charge >= 0.3 is 6.18 Å². The van der Waals surface area contributed by atoms with Crippen molar-refractivity contribution < 1.29 is 13.2 Å². The van der Waals surface area contributed by atoms with Crippen molar-refractivity contribution in [3.05, 3.63) is 23.9 Å². The number of aromatic nitrogens is 1. The molecule has 0 N–H and O–H groups in total. The Bertz CT molecular complexity index is 422. The minimum absolute atomic E-state index is 0.0115. The molecule has 6 heteroatoms. The minimum Gasteiger partial charge on any atom is -0.355 e. The second-order valence-corrected chi connectivity index (χ2v) is 5.16. The predicted octanol–water partition coefficient (Wildman–Crippen LogP) is 3.55. The van der Waals surface area contributed by atoms with Crippen molar-refractivity contribution in [2.24, 2.45) is 5.92 Å². The maximum absolute atomic E-state index is 12.9. The van der Waals surface area contributed by atoms with Crippen LogP contribution in [0.4, 0.5) is 19.0 Å². The smallest absolute Gasteiger partial charge is 0.355 e. The molecule has 18 heavy (non-hydrogen) atoms. The summed E-state index contributed by atoms with van der Waals surface area (Å²) in [5.74, 6) is 0.309. The summed E-state index contributed by atoms with van der Waals surface area (Å²) in [6, 6.07) is 2.36. The molecule has 2 atom stereocenters. The first-order valence-corrected chi connectivity index (χ1v) is 6.24. The molecule has 1 aromatic rings. The molecule has 1 aliphatic rings. The molecular formula is C12H14ClF3N2. The van der Waals surface area contributed by atoms with Crippen LogP contribution in [0.3, 0.4) is 0 Å². The highest BCUT2D eigenvalue weighted by molar-refractivity contribution is 6.21. The maximum atomic E-state index is 12.9. The number of nitrogens with zero attached hydrogens (tertiary/aromatic N) is 2. The first kappa shape index (κ1) is 13.5. The Kier molecular flexibility index (Phi) is 3.71. The topological polar surface area (TPSA) is 16.1 Å². The molecule has 1 fully saturated rings. The number of pyridine rings is 1. The van der Waals surface area contributed by atoms with E-state index in [-0.39, 0.29) is 11.2 Å². The van der Waals surface area contributed by atoms with E-state index in [4.69, 9.17) is 11.6 Å². The molecule has 1 aliphatic heterocycles. The molecule has 0 saturated carbocycles. The zero-order valence-electron chi connectivity index (χ0n) is 9.91. The summed E-state index contributed by atoms with van der Waals surface area (Å²) in [5.41, 5.74) is -0.691. The average Bonchev–Trinajstić information content (AvgIpc) is 2.32. The van der Waals surface area contributed by atoms with Gasteiger partial charge in [0.05, 0.1) is 10.9 Å². The van der Waals surface area contributed by atoms with Gasteiger partial charge in [-0.2, -0.15) is 13.2 Å². The van der Waals surface area contributed by atoms with E-state index >= 15 is 0 Å². The largest absolute Gasteiger partial charge is 0.419 e. The number of alkyl halides is 4. The molecular weight excluding hydrogens is 265 g/mol. The Morgan fingerprint density at radius 3 is 2.78 bits per heavy atom. The quantitative estimate of drug-likeness (QED) is 0.730. The van der Waals surface area contributed by atoms with E-state index in [1.54, 1.807) is 4.90 Å². The lowest BCUT2D eigenvalue weighted by atomic mass is 9.98. The molecule has 2 rings (SSSR count). The van der Waals surface area contributed by atoms with E-state index < -0.39 is 11.7 Å². The van der Waals surface area contributed by atoms with Crippen LogP contribution in [0.15, 0.2) is 18.3 Å². The fourth-order valence-electron chi connectivity index (χ4n) is 2.08. The van der Waals surface area contributed by atoms with E-state index in [2.05, 4.69) is 4.98 Å². The number of anilines is 1. The fraction of sp³-hybridized carbons (Fsp3) is 0.583. The van der Waals surface area contributed by atoms with Gasteiger partial charge in [-0.1, -0.05) is 6.92 Å². The van der Waals surface area contributed by atoms with Crippen LogP contribution >= 0.6 is 11.6 Å². The van der Waals surface area contributed by atoms with Crippen LogP contribution in [0, 0.1) is 5.92 Å². The molecule has 0 aromatic carbocycles. The molecule has 0 aliphatic carbocycles. The lowest BCUT2D eigenvalue weighted by molar-refractivity contribution is -0.137. The summed E-state index contributed by atoms with van der Waals surface area (Å²) < 4.78 is 38.6. The Hall–Kier alpha value is -0.970. The van der Waals surface area contributed by atoms with E-state index in [1.807, 2.05) is 6.92 Å². The van der Waals surface area contributed by atoms with Crippen LogP contribution in [0.25, 0.3) is 0 Å². The van der Waals surface area contributed by atoms with Crippen molar-refractivity contribution in [2.75, 3.05) is 18.0 Å². The number of halogens is 4. The standard InChI is InChI=1S/C12H14ClF3N2/c1-8-4-6-18(7-10(8)13)11-9(12(14,15)16)3-2-5-17-11/h2-3,5,8,10H,4,6-7H2,1H3. The van der Waals surface area contributed by atoms with Gasteiger partial charge in [-0.3, -0.25) is 0 Å². The first-order chi connectivity index (χ1) is 8.39. The van der Waals surface area contributed by atoms with E-state index in [0.29, 0.717) is 19.0 Å². The normalized spacial score (nSPS) is 25.3. The molecule has 1 aromatic heterocycles. The molecule has 0 bridgehead atoms. The van der Waals surface area contributed by atoms with Crippen LogP contribution < -0.4 is 4.90 Å². The highest BCUT2D eigenvalue weighted by Crippen LogP contribution is 2.36. The molecule has 2 nitrogen and oxygen atoms in total. The second-order valence-electron chi connectivity index (χ2n) is 4.60. The Labute approximate surface area is 109 Å². The Morgan fingerprint density at radius 2 is 2.17 bits per heavy atom. The van der Waals surface area contributed by atoms with Crippen molar-refractivity contribution in [3.63, 3.8) is 0 Å². The van der Waals surface area contributed by atoms with Crippen molar-refractivity contribution in [3.8, 4) is 0 Å². The molecule has 1 saturated heterocycles. The molecule has 0 amide bonds. The molecule has 0 radical (unpaired) electrons. The van der Waals surface area contributed by atoms with Gasteiger partial charge in [0.25, 0.3) is 0 Å². The van der Waals surface area contributed by atoms with E-state index in [9.17, 15) is 13.2 Å². The lowest BCUT2D eigenvalue weighted by Crippen LogP contribution is -2.41. The Balaban J connectivity index is 2.29.